The number of amides is 1. The Morgan fingerprint density at radius 2 is 1.93 bits per heavy atom. The maximum absolute atomic E-state index is 13.0. The lowest BCUT2D eigenvalue weighted by molar-refractivity contribution is 0.0956. The van der Waals surface area contributed by atoms with Gasteiger partial charge in [0.1, 0.15) is 0 Å². The van der Waals surface area contributed by atoms with Crippen LogP contribution in [0.4, 0.5) is 0 Å². The van der Waals surface area contributed by atoms with E-state index in [4.69, 9.17) is 4.98 Å². The molecule has 4 heteroatoms. The van der Waals surface area contributed by atoms with Gasteiger partial charge in [0, 0.05) is 23.1 Å². The van der Waals surface area contributed by atoms with E-state index in [1.807, 2.05) is 48.7 Å². The molecule has 144 valence electrons. The molecule has 3 unspecified atom stereocenters. The summed E-state index contributed by atoms with van der Waals surface area (Å²) in [5, 5.41) is 5.12. The van der Waals surface area contributed by atoms with Crippen LogP contribution in [0.25, 0.3) is 22.2 Å². The average Bonchev–Trinajstić information content (AvgIpc) is 3.37. The fourth-order valence-corrected chi connectivity index (χ4v) is 4.48. The van der Waals surface area contributed by atoms with Gasteiger partial charge < -0.3 is 0 Å². The number of hydrogen-bond acceptors (Lipinski definition) is 3. The predicted molar refractivity (Wildman–Crippen MR) is 117 cm³/mol. The van der Waals surface area contributed by atoms with Gasteiger partial charge in [-0.2, -0.15) is 5.10 Å². The second kappa shape index (κ2) is 7.28. The van der Waals surface area contributed by atoms with Gasteiger partial charge >= 0.3 is 0 Å². The van der Waals surface area contributed by atoms with Crippen LogP contribution in [0.3, 0.4) is 0 Å². The molecule has 1 saturated carbocycles. The van der Waals surface area contributed by atoms with Gasteiger partial charge in [-0.3, -0.25) is 4.79 Å². The lowest BCUT2D eigenvalue weighted by Crippen LogP contribution is -2.20. The Morgan fingerprint density at radius 1 is 1.10 bits per heavy atom. The molecule has 3 atom stereocenters. The molecule has 5 rings (SSSR count). The fraction of sp³-hybridized carbons (Fsp3) is 0.240. The number of hydrazone groups is 1. The van der Waals surface area contributed by atoms with E-state index in [1.54, 1.807) is 0 Å². The number of rotatable bonds is 4. The molecule has 0 radical (unpaired) electrons. The lowest BCUT2D eigenvalue weighted by Gasteiger charge is -2.12. The second-order valence-electron chi connectivity index (χ2n) is 8.10. The highest BCUT2D eigenvalue weighted by molar-refractivity contribution is 6.07. The molecule has 2 bridgehead atoms. The normalized spacial score (nSPS) is 22.6. The molecule has 1 aromatic heterocycles. The van der Waals surface area contributed by atoms with E-state index in [0.29, 0.717) is 23.3 Å². The van der Waals surface area contributed by atoms with Gasteiger partial charge in [0.25, 0.3) is 5.91 Å². The molecule has 29 heavy (non-hydrogen) atoms. The van der Waals surface area contributed by atoms with Gasteiger partial charge in [0.15, 0.2) is 0 Å². The third kappa shape index (κ3) is 3.46. The quantitative estimate of drug-likeness (QED) is 0.387. The number of nitrogens with one attached hydrogen (secondary N) is 1. The van der Waals surface area contributed by atoms with E-state index in [9.17, 15) is 4.79 Å². The first kappa shape index (κ1) is 17.8. The Morgan fingerprint density at radius 3 is 2.69 bits per heavy atom. The summed E-state index contributed by atoms with van der Waals surface area (Å²) >= 11 is 0. The number of carbonyl (C=O) groups excluding carboxylic acids is 1. The Hall–Kier alpha value is -3.27. The molecule has 0 spiro atoms. The molecule has 1 fully saturated rings. The van der Waals surface area contributed by atoms with Gasteiger partial charge in [-0.15, -0.1) is 0 Å². The fourth-order valence-electron chi connectivity index (χ4n) is 4.48. The standard InChI is InChI=1S/C25H23N3O/c1-16-6-9-18(10-7-16)24-14-22(21-4-2-3-5-23(21)27-24)25(29)28-26-15-20-13-17-8-11-19(20)12-17/h2-11,14-15,17,19-20H,12-13H2,1H3,(H,28,29)/b26-15+. The smallest absolute Gasteiger partial charge is 0.267 e. The summed E-state index contributed by atoms with van der Waals surface area (Å²) in [6, 6.07) is 17.8. The van der Waals surface area contributed by atoms with Crippen molar-refractivity contribution in [3.05, 3.63) is 77.9 Å². The van der Waals surface area contributed by atoms with E-state index in [0.717, 1.165) is 28.6 Å². The number of benzene rings is 2. The number of carbonyl (C=O) groups is 1. The van der Waals surface area contributed by atoms with Crippen molar-refractivity contribution in [3.8, 4) is 11.3 Å². The van der Waals surface area contributed by atoms with Crippen LogP contribution >= 0.6 is 0 Å². The highest BCUT2D eigenvalue weighted by Crippen LogP contribution is 2.42. The maximum atomic E-state index is 13.0. The Bertz CT molecular complexity index is 1130. The molecule has 2 aromatic carbocycles. The van der Waals surface area contributed by atoms with Crippen molar-refractivity contribution in [3.63, 3.8) is 0 Å². The molecule has 3 aromatic rings. The van der Waals surface area contributed by atoms with Crippen LogP contribution in [0.2, 0.25) is 0 Å². The maximum Gasteiger partial charge on any atom is 0.272 e. The largest absolute Gasteiger partial charge is 0.272 e. The van der Waals surface area contributed by atoms with Crippen LogP contribution in [-0.2, 0) is 0 Å². The predicted octanol–water partition coefficient (Wildman–Crippen LogP) is 5.14. The molecular weight excluding hydrogens is 358 g/mol. The topological polar surface area (TPSA) is 54.4 Å². The van der Waals surface area contributed by atoms with Gasteiger partial charge in [-0.05, 0) is 43.7 Å². The first-order valence-electron chi connectivity index (χ1n) is 10.2. The number of fused-ring (bicyclic) bond motifs is 3. The highest BCUT2D eigenvalue weighted by atomic mass is 16.2. The van der Waals surface area contributed by atoms with Crippen molar-refractivity contribution in [2.24, 2.45) is 22.9 Å². The first-order chi connectivity index (χ1) is 14.2. The zero-order chi connectivity index (χ0) is 19.8. The van der Waals surface area contributed by atoms with Crippen molar-refractivity contribution in [1.29, 1.82) is 0 Å². The SMILES string of the molecule is Cc1ccc(-c2cc(C(=O)N/N=C/C3CC4C=CC3C4)c3ccccc3n2)cc1. The molecule has 0 saturated heterocycles. The highest BCUT2D eigenvalue weighted by Gasteiger charge is 2.34. The summed E-state index contributed by atoms with van der Waals surface area (Å²) in [5.41, 5.74) is 7.11. The molecule has 2 aliphatic rings. The summed E-state index contributed by atoms with van der Waals surface area (Å²) in [6.07, 6.45) is 8.87. The van der Waals surface area contributed by atoms with Gasteiger partial charge in [0.05, 0.1) is 16.8 Å². The third-order valence-electron chi connectivity index (χ3n) is 6.07. The number of para-hydroxylation sites is 1. The van der Waals surface area contributed by atoms with E-state index < -0.39 is 0 Å². The minimum Gasteiger partial charge on any atom is -0.267 e. The third-order valence-corrected chi connectivity index (χ3v) is 6.07. The van der Waals surface area contributed by atoms with Crippen molar-refractivity contribution in [1.82, 2.24) is 10.4 Å². The van der Waals surface area contributed by atoms with Crippen LogP contribution in [0.1, 0.15) is 28.8 Å². The number of aromatic nitrogens is 1. The summed E-state index contributed by atoms with van der Waals surface area (Å²) in [5.74, 6) is 1.50. The first-order valence-corrected chi connectivity index (χ1v) is 10.2. The van der Waals surface area contributed by atoms with E-state index >= 15 is 0 Å². The number of pyridine rings is 1. The summed E-state index contributed by atoms with van der Waals surface area (Å²) in [7, 11) is 0. The molecule has 1 heterocycles. The molecular formula is C25H23N3O. The monoisotopic (exact) mass is 381 g/mol. The number of aryl methyl sites for hydroxylation is 1. The minimum absolute atomic E-state index is 0.202. The molecule has 2 aliphatic carbocycles. The van der Waals surface area contributed by atoms with E-state index in [-0.39, 0.29) is 5.91 Å². The number of hydrogen-bond donors (Lipinski definition) is 1. The Labute approximate surface area is 170 Å². The Kier molecular flexibility index (Phi) is 4.47. The Balaban J connectivity index is 1.44. The minimum atomic E-state index is -0.202. The zero-order valence-corrected chi connectivity index (χ0v) is 16.4. The van der Waals surface area contributed by atoms with E-state index in [1.165, 1.54) is 12.0 Å². The van der Waals surface area contributed by atoms with Crippen LogP contribution < -0.4 is 5.43 Å². The summed E-state index contributed by atoms with van der Waals surface area (Å²) in [6.45, 7) is 2.06. The molecule has 1 N–H and O–H groups in total. The molecule has 0 aliphatic heterocycles. The lowest BCUT2D eigenvalue weighted by atomic mass is 9.95. The summed E-state index contributed by atoms with van der Waals surface area (Å²) in [4.78, 5) is 17.7. The van der Waals surface area contributed by atoms with Crippen LogP contribution in [-0.4, -0.2) is 17.1 Å². The number of allylic oxidation sites excluding steroid dienone is 2. The van der Waals surface area contributed by atoms with E-state index in [2.05, 4.69) is 41.7 Å². The van der Waals surface area contributed by atoms with Crippen molar-refractivity contribution >= 4 is 23.0 Å². The zero-order valence-electron chi connectivity index (χ0n) is 16.4. The van der Waals surface area contributed by atoms with Gasteiger partial charge in [-0.25, -0.2) is 10.4 Å². The molecule has 4 nitrogen and oxygen atoms in total. The van der Waals surface area contributed by atoms with Gasteiger partial charge in [-0.1, -0.05) is 60.2 Å². The molecule has 1 amide bonds. The van der Waals surface area contributed by atoms with Crippen molar-refractivity contribution in [2.45, 2.75) is 19.8 Å². The van der Waals surface area contributed by atoms with Gasteiger partial charge in [0.2, 0.25) is 0 Å². The average molecular weight is 381 g/mol. The summed E-state index contributed by atoms with van der Waals surface area (Å²) < 4.78 is 0. The second-order valence-corrected chi connectivity index (χ2v) is 8.10. The van der Waals surface area contributed by atoms with Crippen molar-refractivity contribution in [2.75, 3.05) is 0 Å². The van der Waals surface area contributed by atoms with Crippen LogP contribution in [0.5, 0.6) is 0 Å². The number of nitrogens with zero attached hydrogens (tertiary/aromatic N) is 2. The van der Waals surface area contributed by atoms with Crippen LogP contribution in [0, 0.1) is 24.7 Å². The van der Waals surface area contributed by atoms with Crippen LogP contribution in [0.15, 0.2) is 71.9 Å². The van der Waals surface area contributed by atoms with Crippen molar-refractivity contribution < 1.29 is 4.79 Å².